The Morgan fingerprint density at radius 3 is 2.66 bits per heavy atom. The Balaban J connectivity index is 1.68. The molecule has 3 unspecified atom stereocenters. The van der Waals surface area contributed by atoms with Gasteiger partial charge in [-0.3, -0.25) is 5.32 Å². The Kier molecular flexibility index (Phi) is 4.52. The zero-order valence-corrected chi connectivity index (χ0v) is 16.1. The molecule has 1 amide bonds. The number of amides is 1. The number of hydrogen-bond acceptors (Lipinski definition) is 6. The summed E-state index contributed by atoms with van der Waals surface area (Å²) in [6.45, 7) is 0.961. The third kappa shape index (κ3) is 3.59. The minimum Gasteiger partial charge on any atom is -0.431 e. The maximum Gasteiger partial charge on any atom is 0.430 e. The third-order valence-electron chi connectivity index (χ3n) is 5.62. The number of carbonyl (C=O) groups is 1. The molecule has 2 N–H and O–H groups in total. The van der Waals surface area contributed by atoms with Crippen molar-refractivity contribution in [1.82, 2.24) is 15.3 Å². The molecule has 2 aromatic heterocycles. The summed E-state index contributed by atoms with van der Waals surface area (Å²) in [5.41, 5.74) is -2.21. The Morgan fingerprint density at radius 1 is 1.16 bits per heavy atom. The Bertz CT molecular complexity index is 1090. The number of pyridine rings is 2. The minimum atomic E-state index is -5.01. The summed E-state index contributed by atoms with van der Waals surface area (Å²) in [7, 11) is 0. The molecule has 0 bridgehead atoms. The summed E-state index contributed by atoms with van der Waals surface area (Å²) >= 11 is 0. The third-order valence-corrected chi connectivity index (χ3v) is 5.62. The van der Waals surface area contributed by atoms with E-state index >= 15 is 0 Å². The second kappa shape index (κ2) is 6.95. The van der Waals surface area contributed by atoms with Gasteiger partial charge in [0.1, 0.15) is 11.6 Å². The van der Waals surface area contributed by atoms with Gasteiger partial charge in [-0.1, -0.05) is 0 Å². The van der Waals surface area contributed by atoms with E-state index in [9.17, 15) is 31.1 Å². The molecule has 2 aromatic rings. The van der Waals surface area contributed by atoms with Crippen LogP contribution < -0.4 is 15.5 Å². The number of nitrogens with one attached hydrogen (secondary N) is 2. The summed E-state index contributed by atoms with van der Waals surface area (Å²) < 4.78 is 86.3. The molecule has 0 spiro atoms. The van der Waals surface area contributed by atoms with Crippen LogP contribution in [-0.4, -0.2) is 47.4 Å². The van der Waals surface area contributed by atoms with Crippen molar-refractivity contribution < 1.29 is 35.9 Å². The van der Waals surface area contributed by atoms with E-state index in [4.69, 9.17) is 0 Å². The molecule has 170 valence electrons. The second-order valence-electron chi connectivity index (χ2n) is 7.73. The van der Waals surface area contributed by atoms with Crippen molar-refractivity contribution >= 4 is 17.7 Å². The van der Waals surface area contributed by atoms with Gasteiger partial charge in [0.15, 0.2) is 0 Å². The number of alkyl halides is 6. The number of hydrogen-bond donors (Lipinski definition) is 2. The van der Waals surface area contributed by atoms with Gasteiger partial charge in [-0.15, -0.1) is 0 Å². The number of anilines is 2. The first-order valence-corrected chi connectivity index (χ1v) is 9.65. The zero-order chi connectivity index (χ0) is 22.8. The number of aromatic nitrogens is 2. The van der Waals surface area contributed by atoms with Crippen LogP contribution in [-0.2, 0) is 10.9 Å². The molecule has 1 aliphatic carbocycles. The Labute approximate surface area is 176 Å². The molecule has 13 heteroatoms. The number of rotatable bonds is 2. The van der Waals surface area contributed by atoms with Gasteiger partial charge in [0, 0.05) is 36.9 Å². The summed E-state index contributed by atoms with van der Waals surface area (Å²) in [4.78, 5) is 21.3. The van der Waals surface area contributed by atoms with Crippen molar-refractivity contribution in [1.29, 1.82) is 0 Å². The molecule has 3 atom stereocenters. The van der Waals surface area contributed by atoms with Crippen LogP contribution in [0.5, 0.6) is 0 Å². The van der Waals surface area contributed by atoms with Gasteiger partial charge in [-0.05, 0) is 24.6 Å². The topological polar surface area (TPSA) is 79.4 Å². The maximum absolute atomic E-state index is 13.7. The lowest BCUT2D eigenvalue weighted by Gasteiger charge is -2.30. The SMILES string of the molecule is O=C1Nc2nccc(-c3cc(C(F)(F)F)cc(N4CCNC5CC54)n3)c2C(C(F)(F)F)O1. The largest absolute Gasteiger partial charge is 0.431 e. The number of fused-ring (bicyclic) bond motifs is 2. The molecule has 2 fully saturated rings. The van der Waals surface area contributed by atoms with Crippen molar-refractivity contribution in [3.63, 3.8) is 0 Å². The van der Waals surface area contributed by atoms with Crippen molar-refractivity contribution in [3.05, 3.63) is 35.5 Å². The average Bonchev–Trinajstić information content (AvgIpc) is 3.50. The lowest BCUT2D eigenvalue weighted by Crippen LogP contribution is -2.44. The zero-order valence-electron chi connectivity index (χ0n) is 16.1. The summed E-state index contributed by atoms with van der Waals surface area (Å²) in [6.07, 6.45) is -12.0. The summed E-state index contributed by atoms with van der Waals surface area (Å²) in [6, 6.07) is 2.84. The van der Waals surface area contributed by atoms with Gasteiger partial charge < -0.3 is 15.0 Å². The summed E-state index contributed by atoms with van der Waals surface area (Å²) in [5.74, 6) is -0.412. The molecule has 3 aliphatic rings. The predicted molar refractivity (Wildman–Crippen MR) is 98.9 cm³/mol. The molecular formula is C19H15F6N5O2. The second-order valence-corrected chi connectivity index (χ2v) is 7.73. The smallest absolute Gasteiger partial charge is 0.430 e. The minimum absolute atomic E-state index is 0.0236. The van der Waals surface area contributed by atoms with Crippen LogP contribution in [0.4, 0.5) is 42.8 Å². The van der Waals surface area contributed by atoms with Crippen molar-refractivity contribution in [3.8, 4) is 11.3 Å². The molecule has 0 radical (unpaired) electrons. The molecule has 1 saturated heterocycles. The lowest BCUT2D eigenvalue weighted by atomic mass is 9.98. The number of cyclic esters (lactones) is 1. The fourth-order valence-corrected chi connectivity index (χ4v) is 4.12. The molecule has 2 aliphatic heterocycles. The Hall–Kier alpha value is -3.09. The fourth-order valence-electron chi connectivity index (χ4n) is 4.12. The number of halogens is 6. The molecule has 0 aromatic carbocycles. The van der Waals surface area contributed by atoms with Crippen molar-refractivity contribution in [2.45, 2.75) is 37.0 Å². The molecule has 5 rings (SSSR count). The van der Waals surface area contributed by atoms with E-state index in [1.54, 1.807) is 4.90 Å². The quantitative estimate of drug-likeness (QED) is 0.664. The molecule has 4 heterocycles. The van der Waals surface area contributed by atoms with E-state index in [1.165, 1.54) is 0 Å². The van der Waals surface area contributed by atoms with Crippen LogP contribution in [0.1, 0.15) is 23.7 Å². The number of piperazine rings is 1. The highest BCUT2D eigenvalue weighted by atomic mass is 19.4. The fraction of sp³-hybridized carbons (Fsp3) is 0.421. The van der Waals surface area contributed by atoms with E-state index in [0.717, 1.165) is 24.8 Å². The van der Waals surface area contributed by atoms with E-state index < -0.39 is 41.5 Å². The first kappa shape index (κ1) is 20.8. The van der Waals surface area contributed by atoms with E-state index in [1.807, 2.05) is 0 Å². The molecule has 1 saturated carbocycles. The highest BCUT2D eigenvalue weighted by Crippen LogP contribution is 2.46. The average molecular weight is 459 g/mol. The summed E-state index contributed by atoms with van der Waals surface area (Å²) in [5, 5.41) is 5.30. The van der Waals surface area contributed by atoms with Gasteiger partial charge in [0.25, 0.3) is 0 Å². The first-order valence-electron chi connectivity index (χ1n) is 9.65. The van der Waals surface area contributed by atoms with Crippen LogP contribution in [0.25, 0.3) is 11.3 Å². The number of nitrogens with zero attached hydrogens (tertiary/aromatic N) is 3. The van der Waals surface area contributed by atoms with E-state index in [0.29, 0.717) is 19.2 Å². The lowest BCUT2D eigenvalue weighted by molar-refractivity contribution is -0.206. The van der Waals surface area contributed by atoms with Crippen molar-refractivity contribution in [2.24, 2.45) is 0 Å². The van der Waals surface area contributed by atoms with Crippen LogP contribution >= 0.6 is 0 Å². The highest BCUT2D eigenvalue weighted by molar-refractivity contribution is 5.89. The van der Waals surface area contributed by atoms with Crippen LogP contribution in [0.2, 0.25) is 0 Å². The normalized spacial score (nSPS) is 24.9. The highest BCUT2D eigenvalue weighted by Gasteiger charge is 2.50. The molecule has 7 nitrogen and oxygen atoms in total. The van der Waals surface area contributed by atoms with Crippen LogP contribution in [0, 0.1) is 0 Å². The predicted octanol–water partition coefficient (Wildman–Crippen LogP) is 3.88. The van der Waals surface area contributed by atoms with Gasteiger partial charge in [-0.2, -0.15) is 26.3 Å². The standard InChI is InChI=1S/C19H15F6N5O2/c20-18(21,22)8-5-10(28-13(6-8)30-4-3-26-11-7-12(11)30)9-1-2-27-16-14(9)15(19(23,24)25)32-17(31)29-16/h1-2,5-6,11-12,15,26H,3-4,7H2,(H,27,29,31). The maximum atomic E-state index is 13.7. The molecule has 32 heavy (non-hydrogen) atoms. The van der Waals surface area contributed by atoms with Gasteiger partial charge in [0.2, 0.25) is 6.10 Å². The first-order chi connectivity index (χ1) is 15.0. The van der Waals surface area contributed by atoms with Gasteiger partial charge in [0.05, 0.1) is 16.8 Å². The number of carbonyl (C=O) groups excluding carboxylic acids is 1. The Morgan fingerprint density at radius 2 is 1.94 bits per heavy atom. The molecular weight excluding hydrogens is 444 g/mol. The van der Waals surface area contributed by atoms with Crippen molar-refractivity contribution in [2.75, 3.05) is 23.3 Å². The van der Waals surface area contributed by atoms with Gasteiger partial charge in [-0.25, -0.2) is 14.8 Å². The van der Waals surface area contributed by atoms with Gasteiger partial charge >= 0.3 is 18.4 Å². The van der Waals surface area contributed by atoms with Crippen LogP contribution in [0.3, 0.4) is 0 Å². The van der Waals surface area contributed by atoms with Crippen LogP contribution in [0.15, 0.2) is 24.4 Å². The monoisotopic (exact) mass is 459 g/mol. The number of ether oxygens (including phenoxy) is 1. The van der Waals surface area contributed by atoms with E-state index in [2.05, 4.69) is 25.3 Å². The van der Waals surface area contributed by atoms with E-state index in [-0.39, 0.29) is 29.2 Å².